The third-order valence-corrected chi connectivity index (χ3v) is 6.01. The molecule has 1 aliphatic carbocycles. The van der Waals surface area contributed by atoms with Crippen LogP contribution < -0.4 is 5.56 Å². The van der Waals surface area contributed by atoms with Crippen molar-refractivity contribution in [3.63, 3.8) is 0 Å². The topological polar surface area (TPSA) is 84.4 Å². The van der Waals surface area contributed by atoms with Gasteiger partial charge in [-0.05, 0) is 44.4 Å². The van der Waals surface area contributed by atoms with Gasteiger partial charge in [0.2, 0.25) is 0 Å². The number of fused-ring (bicyclic) bond motifs is 2. The van der Waals surface area contributed by atoms with Crippen LogP contribution in [0.1, 0.15) is 48.1 Å². The molecule has 1 aromatic carbocycles. The molecule has 146 valence electrons. The van der Waals surface area contributed by atoms with Gasteiger partial charge in [0.05, 0.1) is 30.1 Å². The number of aliphatic hydroxyl groups excluding tert-OH is 1. The van der Waals surface area contributed by atoms with Crippen LogP contribution in [-0.4, -0.2) is 37.9 Å². The largest absolute Gasteiger partial charge is 0.395 e. The number of nitrogens with zero attached hydrogens (tertiary/aromatic N) is 4. The number of rotatable bonds is 5. The monoisotopic (exact) mass is 380 g/mol. The smallest absolute Gasteiger partial charge is 0.261 e. The number of hydrogen-bond donors (Lipinski definition) is 1. The maximum Gasteiger partial charge on any atom is 0.261 e. The van der Waals surface area contributed by atoms with E-state index in [1.807, 2.05) is 18.2 Å². The van der Waals surface area contributed by atoms with Crippen molar-refractivity contribution < 1.29 is 9.63 Å². The van der Waals surface area contributed by atoms with Crippen LogP contribution in [0.4, 0.5) is 0 Å². The van der Waals surface area contributed by atoms with E-state index in [1.165, 1.54) is 5.56 Å². The van der Waals surface area contributed by atoms with Crippen molar-refractivity contribution in [3.05, 3.63) is 57.5 Å². The molecular formula is C21H24N4O3. The lowest BCUT2D eigenvalue weighted by Crippen LogP contribution is -2.33. The molecule has 3 heterocycles. The Hall–Kier alpha value is -2.51. The molecule has 1 aliphatic heterocycles. The van der Waals surface area contributed by atoms with Gasteiger partial charge in [0.1, 0.15) is 17.3 Å². The van der Waals surface area contributed by atoms with Crippen molar-refractivity contribution >= 4 is 10.9 Å². The number of para-hydroxylation sites is 1. The van der Waals surface area contributed by atoms with Gasteiger partial charge in [0.15, 0.2) is 0 Å². The van der Waals surface area contributed by atoms with Gasteiger partial charge in [-0.3, -0.25) is 14.3 Å². The molecule has 1 saturated heterocycles. The first kappa shape index (κ1) is 17.6. The van der Waals surface area contributed by atoms with Crippen molar-refractivity contribution in [1.82, 2.24) is 19.6 Å². The number of hydrogen-bond acceptors (Lipinski definition) is 6. The molecule has 0 saturated carbocycles. The Morgan fingerprint density at radius 2 is 2.11 bits per heavy atom. The van der Waals surface area contributed by atoms with Gasteiger partial charge in [-0.1, -0.05) is 17.3 Å². The molecule has 0 bridgehead atoms. The Morgan fingerprint density at radius 1 is 1.21 bits per heavy atom. The Morgan fingerprint density at radius 3 is 3.00 bits per heavy atom. The highest BCUT2D eigenvalue weighted by molar-refractivity contribution is 5.77. The van der Waals surface area contributed by atoms with Gasteiger partial charge < -0.3 is 9.63 Å². The van der Waals surface area contributed by atoms with Crippen molar-refractivity contribution in [1.29, 1.82) is 0 Å². The quantitative estimate of drug-likeness (QED) is 0.731. The zero-order valence-electron chi connectivity index (χ0n) is 15.8. The first-order chi connectivity index (χ1) is 13.8. The van der Waals surface area contributed by atoms with Crippen molar-refractivity contribution in [2.24, 2.45) is 0 Å². The minimum absolute atomic E-state index is 0.0395. The predicted octanol–water partition coefficient (Wildman–Crippen LogP) is 2.20. The Balaban J connectivity index is 1.54. The van der Waals surface area contributed by atoms with Crippen molar-refractivity contribution in [3.8, 4) is 0 Å². The molecule has 1 unspecified atom stereocenters. The normalized spacial score (nSPS) is 19.5. The van der Waals surface area contributed by atoms with Crippen LogP contribution in [0.15, 0.2) is 33.6 Å². The van der Waals surface area contributed by atoms with Crippen LogP contribution in [0.3, 0.4) is 0 Å². The molecule has 3 aromatic rings. The average molecular weight is 380 g/mol. The second-order valence-electron chi connectivity index (χ2n) is 7.68. The molecule has 28 heavy (non-hydrogen) atoms. The average Bonchev–Trinajstić information content (AvgIpc) is 3.43. The fourth-order valence-electron chi connectivity index (χ4n) is 4.67. The highest BCUT2D eigenvalue weighted by atomic mass is 16.5. The van der Waals surface area contributed by atoms with E-state index in [-0.39, 0.29) is 24.8 Å². The van der Waals surface area contributed by atoms with Gasteiger partial charge >= 0.3 is 0 Å². The number of aryl methyl sites for hydroxylation is 1. The van der Waals surface area contributed by atoms with Crippen LogP contribution in [0.5, 0.6) is 0 Å². The summed E-state index contributed by atoms with van der Waals surface area (Å²) < 4.78 is 7.17. The Bertz CT molecular complexity index is 1070. The maximum absolute atomic E-state index is 13.0. The molecule has 2 aliphatic rings. The fourth-order valence-corrected chi connectivity index (χ4v) is 4.67. The van der Waals surface area contributed by atoms with Gasteiger partial charge in [-0.15, -0.1) is 0 Å². The van der Waals surface area contributed by atoms with E-state index in [0.717, 1.165) is 55.9 Å². The lowest BCUT2D eigenvalue weighted by Gasteiger charge is -2.26. The van der Waals surface area contributed by atoms with E-state index in [4.69, 9.17) is 9.51 Å². The van der Waals surface area contributed by atoms with E-state index in [2.05, 4.69) is 10.1 Å². The summed E-state index contributed by atoms with van der Waals surface area (Å²) in [7, 11) is 0. The van der Waals surface area contributed by atoms with E-state index in [1.54, 1.807) is 10.6 Å². The number of likely N-dealkylation sites (tertiary alicyclic amines) is 1. The van der Waals surface area contributed by atoms with E-state index < -0.39 is 0 Å². The molecule has 7 heteroatoms. The molecule has 7 nitrogen and oxygen atoms in total. The lowest BCUT2D eigenvalue weighted by molar-refractivity contribution is 0.217. The summed E-state index contributed by atoms with van der Waals surface area (Å²) in [5, 5.41) is 14.4. The summed E-state index contributed by atoms with van der Waals surface area (Å²) in [6, 6.07) is 7.47. The summed E-state index contributed by atoms with van der Waals surface area (Å²) in [5.41, 5.74) is 2.93. The van der Waals surface area contributed by atoms with Crippen LogP contribution in [0, 0.1) is 0 Å². The fraction of sp³-hybridized carbons (Fsp3) is 0.476. The molecule has 1 N–H and O–H groups in total. The Kier molecular flexibility index (Phi) is 4.49. The molecule has 2 aromatic heterocycles. The van der Waals surface area contributed by atoms with Crippen LogP contribution in [0.25, 0.3) is 10.9 Å². The first-order valence-corrected chi connectivity index (χ1v) is 10.1. The van der Waals surface area contributed by atoms with Crippen molar-refractivity contribution in [2.45, 2.75) is 51.2 Å². The van der Waals surface area contributed by atoms with Crippen LogP contribution in [0.2, 0.25) is 0 Å². The molecule has 1 fully saturated rings. The molecule has 0 spiro atoms. The first-order valence-electron chi connectivity index (χ1n) is 10.1. The van der Waals surface area contributed by atoms with Gasteiger partial charge in [-0.25, -0.2) is 4.98 Å². The number of benzene rings is 1. The summed E-state index contributed by atoms with van der Waals surface area (Å²) in [6.07, 6.45) is 5.14. The van der Waals surface area contributed by atoms with E-state index in [9.17, 15) is 9.90 Å². The zero-order valence-corrected chi connectivity index (χ0v) is 15.8. The summed E-state index contributed by atoms with van der Waals surface area (Å²) >= 11 is 0. The van der Waals surface area contributed by atoms with Crippen LogP contribution in [-0.2, 0) is 25.9 Å². The summed E-state index contributed by atoms with van der Waals surface area (Å²) in [5.74, 6) is 1.78. The van der Waals surface area contributed by atoms with Gasteiger partial charge in [0, 0.05) is 18.5 Å². The SMILES string of the molecule is O=c1c2ccccc2nc(C2CCCN2Cc2noc3c2CCC3)n1CCO. The second kappa shape index (κ2) is 7.14. The lowest BCUT2D eigenvalue weighted by atomic mass is 10.1. The number of aromatic nitrogens is 3. The van der Waals surface area contributed by atoms with Crippen LogP contribution >= 0.6 is 0 Å². The third-order valence-electron chi connectivity index (χ3n) is 6.01. The van der Waals surface area contributed by atoms with Gasteiger partial charge in [-0.2, -0.15) is 0 Å². The highest BCUT2D eigenvalue weighted by Gasteiger charge is 2.32. The highest BCUT2D eigenvalue weighted by Crippen LogP contribution is 2.34. The minimum atomic E-state index is -0.0869. The standard InChI is InChI=1S/C21H24N4O3/c26-12-11-25-20(22-16-7-2-1-5-15(16)21(25)27)18-8-4-10-24(18)13-17-14-6-3-9-19(14)28-23-17/h1-2,5,7,18,26H,3-4,6,8-13H2. The summed E-state index contributed by atoms with van der Waals surface area (Å²) in [6.45, 7) is 1.82. The molecule has 1 atom stereocenters. The Labute approximate surface area is 162 Å². The number of aliphatic hydroxyl groups is 1. The van der Waals surface area contributed by atoms with Gasteiger partial charge in [0.25, 0.3) is 5.56 Å². The second-order valence-corrected chi connectivity index (χ2v) is 7.68. The van der Waals surface area contributed by atoms with Crippen molar-refractivity contribution in [2.75, 3.05) is 13.2 Å². The summed E-state index contributed by atoms with van der Waals surface area (Å²) in [4.78, 5) is 20.2. The molecule has 0 radical (unpaired) electrons. The predicted molar refractivity (Wildman–Crippen MR) is 104 cm³/mol. The van der Waals surface area contributed by atoms with E-state index >= 15 is 0 Å². The maximum atomic E-state index is 13.0. The molecular weight excluding hydrogens is 356 g/mol. The minimum Gasteiger partial charge on any atom is -0.395 e. The molecule has 5 rings (SSSR count). The zero-order chi connectivity index (χ0) is 19.1. The molecule has 0 amide bonds. The third kappa shape index (κ3) is 2.86. The van der Waals surface area contributed by atoms with E-state index in [0.29, 0.717) is 17.4 Å².